The van der Waals surface area contributed by atoms with Crippen molar-refractivity contribution in [3.05, 3.63) is 74.6 Å². The summed E-state index contributed by atoms with van der Waals surface area (Å²) in [5.41, 5.74) is 1.54. The molecule has 6 nitrogen and oxygen atoms in total. The number of rotatable bonds is 4. The summed E-state index contributed by atoms with van der Waals surface area (Å²) in [7, 11) is 0. The summed E-state index contributed by atoms with van der Waals surface area (Å²) in [6.45, 7) is 2.24. The second-order valence-electron chi connectivity index (χ2n) is 6.41. The summed E-state index contributed by atoms with van der Waals surface area (Å²) in [4.78, 5) is 24.4. The second kappa shape index (κ2) is 7.22. The van der Waals surface area contributed by atoms with Gasteiger partial charge in [-0.3, -0.25) is 9.36 Å². The molecule has 0 saturated heterocycles. The lowest BCUT2D eigenvalue weighted by molar-refractivity contribution is 0.433. The molecule has 0 fully saturated rings. The number of nitrogens with zero attached hydrogens (tertiary/aromatic N) is 4. The van der Waals surface area contributed by atoms with Crippen LogP contribution >= 0.6 is 34.3 Å². The van der Waals surface area contributed by atoms with Crippen molar-refractivity contribution in [3.8, 4) is 21.5 Å². The monoisotopic (exact) mass is 440 g/mol. The van der Waals surface area contributed by atoms with Gasteiger partial charge in [-0.25, -0.2) is 4.98 Å². The topological polar surface area (TPSA) is 73.8 Å². The normalized spacial score (nSPS) is 11.4. The average molecular weight is 441 g/mol. The molecule has 5 rings (SSSR count). The van der Waals surface area contributed by atoms with E-state index in [9.17, 15) is 4.79 Å². The van der Waals surface area contributed by atoms with Gasteiger partial charge in [0.05, 0.1) is 28.0 Å². The Morgan fingerprint density at radius 3 is 2.86 bits per heavy atom. The van der Waals surface area contributed by atoms with Gasteiger partial charge in [-0.2, -0.15) is 4.98 Å². The Morgan fingerprint density at radius 1 is 1.21 bits per heavy atom. The predicted octanol–water partition coefficient (Wildman–Crippen LogP) is 5.25. The summed E-state index contributed by atoms with van der Waals surface area (Å²) in [5, 5.41) is 7.21. The van der Waals surface area contributed by atoms with E-state index in [2.05, 4.69) is 15.1 Å². The van der Waals surface area contributed by atoms with E-state index in [1.165, 1.54) is 11.3 Å². The molecule has 4 aromatic heterocycles. The SMILES string of the molecule is Cc1c(-c2nc(-c3cccs3)no2)sc2ncn(Cc3ccccc3Cl)c(=O)c12. The molecule has 0 aliphatic heterocycles. The molecule has 0 amide bonds. The van der Waals surface area contributed by atoms with Crippen molar-refractivity contribution in [2.24, 2.45) is 0 Å². The van der Waals surface area contributed by atoms with Gasteiger partial charge in [-0.15, -0.1) is 22.7 Å². The van der Waals surface area contributed by atoms with Crippen LogP contribution < -0.4 is 5.56 Å². The minimum Gasteiger partial charge on any atom is -0.333 e. The fourth-order valence-electron chi connectivity index (χ4n) is 3.11. The smallest absolute Gasteiger partial charge is 0.268 e. The largest absolute Gasteiger partial charge is 0.333 e. The average Bonchev–Trinajstić information content (AvgIpc) is 3.45. The Kier molecular flexibility index (Phi) is 4.54. The maximum Gasteiger partial charge on any atom is 0.268 e. The summed E-state index contributed by atoms with van der Waals surface area (Å²) >= 11 is 9.16. The van der Waals surface area contributed by atoms with Crippen molar-refractivity contribution >= 4 is 44.5 Å². The van der Waals surface area contributed by atoms with Crippen molar-refractivity contribution in [3.63, 3.8) is 0 Å². The van der Waals surface area contributed by atoms with Crippen LogP contribution in [0.25, 0.3) is 31.7 Å². The van der Waals surface area contributed by atoms with Crippen LogP contribution in [0.3, 0.4) is 0 Å². The van der Waals surface area contributed by atoms with Crippen molar-refractivity contribution in [2.75, 3.05) is 0 Å². The van der Waals surface area contributed by atoms with Crippen LogP contribution in [0.4, 0.5) is 0 Å². The van der Waals surface area contributed by atoms with Crippen molar-refractivity contribution < 1.29 is 4.52 Å². The van der Waals surface area contributed by atoms with Crippen LogP contribution in [0.15, 0.2) is 57.4 Å². The molecule has 0 saturated carbocycles. The van der Waals surface area contributed by atoms with Crippen LogP contribution in [0.2, 0.25) is 5.02 Å². The van der Waals surface area contributed by atoms with Gasteiger partial charge in [-0.1, -0.05) is 41.0 Å². The van der Waals surface area contributed by atoms with E-state index in [-0.39, 0.29) is 5.56 Å². The lowest BCUT2D eigenvalue weighted by atomic mass is 10.2. The Labute approximate surface area is 178 Å². The van der Waals surface area contributed by atoms with E-state index in [0.29, 0.717) is 33.5 Å². The van der Waals surface area contributed by atoms with Crippen LogP contribution in [-0.4, -0.2) is 19.7 Å². The second-order valence-corrected chi connectivity index (χ2v) is 8.76. The number of aromatic nitrogens is 4. The lowest BCUT2D eigenvalue weighted by Crippen LogP contribution is -2.21. The molecule has 0 aliphatic carbocycles. The maximum atomic E-state index is 13.1. The molecule has 9 heteroatoms. The third kappa shape index (κ3) is 3.19. The first kappa shape index (κ1) is 18.2. The van der Waals surface area contributed by atoms with Crippen LogP contribution in [0.5, 0.6) is 0 Å². The van der Waals surface area contributed by atoms with E-state index in [4.69, 9.17) is 16.1 Å². The minimum atomic E-state index is -0.118. The Hall–Kier alpha value is -2.81. The molecule has 0 spiro atoms. The maximum absolute atomic E-state index is 13.1. The van der Waals surface area contributed by atoms with E-state index >= 15 is 0 Å². The highest BCUT2D eigenvalue weighted by atomic mass is 35.5. The van der Waals surface area contributed by atoms with Crippen LogP contribution in [0.1, 0.15) is 11.1 Å². The number of hydrogen-bond donors (Lipinski definition) is 0. The quantitative estimate of drug-likeness (QED) is 0.381. The van der Waals surface area contributed by atoms with Gasteiger partial charge >= 0.3 is 0 Å². The minimum absolute atomic E-state index is 0.118. The molecule has 0 bridgehead atoms. The molecule has 1 aromatic carbocycles. The zero-order valence-electron chi connectivity index (χ0n) is 15.1. The summed E-state index contributed by atoms with van der Waals surface area (Å²) in [6.07, 6.45) is 1.55. The summed E-state index contributed by atoms with van der Waals surface area (Å²) in [6, 6.07) is 11.3. The molecule has 0 radical (unpaired) electrons. The first-order valence-electron chi connectivity index (χ1n) is 8.71. The van der Waals surface area contributed by atoms with E-state index in [0.717, 1.165) is 20.9 Å². The molecular formula is C20H13ClN4O2S2. The van der Waals surface area contributed by atoms with Gasteiger partial charge in [0, 0.05) is 5.02 Å². The fourth-order valence-corrected chi connectivity index (χ4v) is 5.01. The summed E-state index contributed by atoms with van der Waals surface area (Å²) < 4.78 is 7.04. The van der Waals surface area contributed by atoms with Gasteiger partial charge < -0.3 is 4.52 Å². The highest BCUT2D eigenvalue weighted by Crippen LogP contribution is 2.36. The molecule has 0 aliphatic rings. The molecule has 0 N–H and O–H groups in total. The first-order valence-corrected chi connectivity index (χ1v) is 10.8. The number of aryl methyl sites for hydroxylation is 1. The Balaban J connectivity index is 1.58. The van der Waals surface area contributed by atoms with E-state index in [1.807, 2.05) is 48.7 Å². The molecular weight excluding hydrogens is 428 g/mol. The first-order chi connectivity index (χ1) is 14.1. The van der Waals surface area contributed by atoms with Crippen molar-refractivity contribution in [1.29, 1.82) is 0 Å². The number of halogens is 1. The van der Waals surface area contributed by atoms with Gasteiger partial charge in [0.25, 0.3) is 11.4 Å². The van der Waals surface area contributed by atoms with Gasteiger partial charge in [-0.05, 0) is 35.6 Å². The summed E-state index contributed by atoms with van der Waals surface area (Å²) in [5.74, 6) is 0.932. The molecule has 0 atom stereocenters. The van der Waals surface area contributed by atoms with Gasteiger partial charge in [0.15, 0.2) is 0 Å². The standard InChI is InChI=1S/C20H13ClN4O2S2/c1-11-15-19(22-10-25(20(15)26)9-12-5-2-3-6-13(12)21)29-16(11)18-23-17(24-27-18)14-7-4-8-28-14/h2-8,10H,9H2,1H3. The molecule has 29 heavy (non-hydrogen) atoms. The van der Waals surface area contributed by atoms with Crippen molar-refractivity contribution in [1.82, 2.24) is 19.7 Å². The number of hydrogen-bond acceptors (Lipinski definition) is 7. The number of fused-ring (bicyclic) bond motifs is 1. The van der Waals surface area contributed by atoms with E-state index < -0.39 is 0 Å². The Bertz CT molecular complexity index is 1390. The Morgan fingerprint density at radius 2 is 2.07 bits per heavy atom. The molecule has 4 heterocycles. The fraction of sp³-hybridized carbons (Fsp3) is 0.100. The predicted molar refractivity (Wildman–Crippen MR) is 116 cm³/mol. The van der Waals surface area contributed by atoms with Crippen LogP contribution in [-0.2, 0) is 6.54 Å². The highest BCUT2D eigenvalue weighted by molar-refractivity contribution is 7.22. The zero-order valence-corrected chi connectivity index (χ0v) is 17.5. The van der Waals surface area contributed by atoms with E-state index in [1.54, 1.807) is 22.2 Å². The third-order valence-electron chi connectivity index (χ3n) is 4.58. The highest BCUT2D eigenvalue weighted by Gasteiger charge is 2.21. The third-order valence-corrected chi connectivity index (χ3v) is 7.00. The van der Waals surface area contributed by atoms with Gasteiger partial charge in [0.1, 0.15) is 4.83 Å². The van der Waals surface area contributed by atoms with Crippen molar-refractivity contribution in [2.45, 2.75) is 13.5 Å². The molecule has 5 aromatic rings. The number of benzene rings is 1. The lowest BCUT2D eigenvalue weighted by Gasteiger charge is -2.07. The molecule has 0 unspecified atom stereocenters. The van der Waals surface area contributed by atoms with Crippen LogP contribution in [0, 0.1) is 6.92 Å². The number of thiophene rings is 2. The zero-order chi connectivity index (χ0) is 20.0. The van der Waals surface area contributed by atoms with Gasteiger partial charge in [0.2, 0.25) is 5.82 Å². The molecule has 144 valence electrons.